The number of hydrogen-bond acceptors (Lipinski definition) is 8. The van der Waals surface area contributed by atoms with Gasteiger partial charge in [0.15, 0.2) is 0 Å². The molecule has 0 saturated heterocycles. The molecule has 10 heteroatoms. The van der Waals surface area contributed by atoms with Crippen LogP contribution in [-0.2, 0) is 0 Å². The van der Waals surface area contributed by atoms with E-state index in [-0.39, 0.29) is 13.4 Å². The molecule has 0 saturated carbocycles. The summed E-state index contributed by atoms with van der Waals surface area (Å²) in [5.74, 6) is 5.06. The van der Waals surface area contributed by atoms with Crippen molar-refractivity contribution in [2.75, 3.05) is 19.6 Å². The van der Waals surface area contributed by atoms with Crippen molar-refractivity contribution in [2.45, 2.75) is 0 Å². The van der Waals surface area contributed by atoms with E-state index in [0.29, 0.717) is 17.4 Å². The van der Waals surface area contributed by atoms with Crippen LogP contribution in [0.3, 0.4) is 0 Å². The molecule has 0 amide bonds. The predicted octanol–water partition coefficient (Wildman–Crippen LogP) is 14.6. The monoisotopic (exact) mass is 1040 g/mol. The maximum Gasteiger partial charge on any atom is 0.262 e. The fraction of sp³-hybridized carbons (Fsp3) is 0. The fourth-order valence-corrected chi connectivity index (χ4v) is 12.5. The molecule has 16 rings (SSSR count). The first-order valence-corrected chi connectivity index (χ1v) is 27.4. The van der Waals surface area contributed by atoms with Gasteiger partial charge in [-0.2, -0.15) is 4.98 Å². The second-order valence-corrected chi connectivity index (χ2v) is 20.7. The standard InChI is InChI=1S/C71H47B2N5O3/c1-8-24-48(25-9-1)75(49-26-10-2-11-27-49)55-40-41-59-64(43-55)80-66-45-57(77(52-32-16-5-17-33-52)53-34-18-6-19-35-53)46-67-69(66)73(59)61-47-60-70(74-71(61)81-67)78(54-36-20-7-21-37-54)62-42-56(44-65-68(62)72(60)58-38-22-23-39-63(58)79-65)76(50-28-12-3-13-29-50)51-30-14-4-15-31-51/h1-47H. The number of aromatic nitrogens is 1. The summed E-state index contributed by atoms with van der Waals surface area (Å²) in [6.07, 6.45) is 0. The largest absolute Gasteiger partial charge is 0.458 e. The molecule has 380 valence electrons. The van der Waals surface area contributed by atoms with E-state index in [4.69, 9.17) is 19.2 Å². The van der Waals surface area contributed by atoms with Crippen molar-refractivity contribution in [3.63, 3.8) is 0 Å². The number of pyridine rings is 1. The van der Waals surface area contributed by atoms with Gasteiger partial charge >= 0.3 is 0 Å². The molecule has 81 heavy (non-hydrogen) atoms. The minimum Gasteiger partial charge on any atom is -0.458 e. The molecule has 0 aliphatic carbocycles. The highest BCUT2D eigenvalue weighted by molar-refractivity contribution is 7.01. The highest BCUT2D eigenvalue weighted by Crippen LogP contribution is 2.48. The Labute approximate surface area is 470 Å². The van der Waals surface area contributed by atoms with E-state index in [1.54, 1.807) is 0 Å². The summed E-state index contributed by atoms with van der Waals surface area (Å²) in [6, 6.07) is 99.9. The van der Waals surface area contributed by atoms with E-state index >= 15 is 0 Å². The predicted molar refractivity (Wildman–Crippen MR) is 332 cm³/mol. The summed E-state index contributed by atoms with van der Waals surface area (Å²) < 4.78 is 21.8. The molecular weight excluding hydrogens is 992 g/mol. The van der Waals surface area contributed by atoms with E-state index in [0.717, 1.165) is 118 Å². The lowest BCUT2D eigenvalue weighted by molar-refractivity contribution is 0.454. The molecule has 4 aliphatic heterocycles. The van der Waals surface area contributed by atoms with Gasteiger partial charge in [0.05, 0.1) is 11.4 Å². The van der Waals surface area contributed by atoms with Crippen LogP contribution >= 0.6 is 0 Å². The van der Waals surface area contributed by atoms with Gasteiger partial charge < -0.3 is 28.9 Å². The molecule has 1 aromatic heterocycles. The normalized spacial score (nSPS) is 12.7. The molecule has 8 nitrogen and oxygen atoms in total. The average molecular weight is 1040 g/mol. The first-order chi connectivity index (χ1) is 40.2. The van der Waals surface area contributed by atoms with E-state index in [9.17, 15) is 0 Å². The molecule has 0 bridgehead atoms. The molecule has 5 heterocycles. The molecule has 0 fully saturated rings. The third kappa shape index (κ3) is 7.75. The number of anilines is 12. The van der Waals surface area contributed by atoms with Gasteiger partial charge in [0.25, 0.3) is 13.4 Å². The smallest absolute Gasteiger partial charge is 0.262 e. The Kier molecular flexibility index (Phi) is 10.9. The number of rotatable bonds is 10. The summed E-state index contributed by atoms with van der Waals surface area (Å²) in [6.45, 7) is -0.565. The van der Waals surface area contributed by atoms with E-state index < -0.39 is 0 Å². The van der Waals surface area contributed by atoms with Gasteiger partial charge in [-0.15, -0.1) is 0 Å². The fourth-order valence-electron chi connectivity index (χ4n) is 12.5. The second-order valence-electron chi connectivity index (χ2n) is 20.7. The van der Waals surface area contributed by atoms with Gasteiger partial charge in [-0.25, -0.2) is 0 Å². The number of nitrogens with zero attached hydrogens (tertiary/aromatic N) is 5. The molecule has 12 aromatic rings. The Morgan fingerprint density at radius 2 is 0.679 bits per heavy atom. The van der Waals surface area contributed by atoms with Crippen LogP contribution in [0.1, 0.15) is 0 Å². The van der Waals surface area contributed by atoms with Crippen LogP contribution < -0.4 is 66.6 Å². The maximum absolute atomic E-state index is 7.39. The zero-order chi connectivity index (χ0) is 53.4. The lowest BCUT2D eigenvalue weighted by Crippen LogP contribution is -2.63. The third-order valence-corrected chi connectivity index (χ3v) is 15.9. The topological polar surface area (TPSA) is 53.5 Å². The van der Waals surface area contributed by atoms with Crippen molar-refractivity contribution in [3.8, 4) is 34.6 Å². The second kappa shape index (κ2) is 19.0. The molecule has 11 aromatic carbocycles. The Bertz CT molecular complexity index is 4240. The molecule has 0 unspecified atom stereocenters. The van der Waals surface area contributed by atoms with Gasteiger partial charge in [-0.05, 0) is 130 Å². The quantitative estimate of drug-likeness (QED) is 0.126. The lowest BCUT2D eigenvalue weighted by Gasteiger charge is -2.41. The van der Waals surface area contributed by atoms with Crippen LogP contribution in [-0.4, -0.2) is 18.4 Å². The van der Waals surface area contributed by atoms with Crippen molar-refractivity contribution in [1.82, 2.24) is 4.98 Å². The Morgan fingerprint density at radius 3 is 1.21 bits per heavy atom. The van der Waals surface area contributed by atoms with Gasteiger partial charge in [-0.3, -0.25) is 4.90 Å². The minimum absolute atomic E-state index is 0.246. The molecule has 4 aliphatic rings. The molecular formula is C71H47B2N5O3. The number of fused-ring (bicyclic) bond motifs is 8. The Morgan fingerprint density at radius 1 is 0.284 bits per heavy atom. The maximum atomic E-state index is 7.39. The van der Waals surface area contributed by atoms with Gasteiger partial charge in [0.1, 0.15) is 34.6 Å². The summed E-state index contributed by atoms with van der Waals surface area (Å²) in [7, 11) is 0. The van der Waals surface area contributed by atoms with E-state index in [1.807, 2.05) is 12.1 Å². The van der Waals surface area contributed by atoms with Crippen LogP contribution in [0.25, 0.3) is 0 Å². The summed E-state index contributed by atoms with van der Waals surface area (Å²) in [5, 5.41) is 0. The summed E-state index contributed by atoms with van der Waals surface area (Å²) in [4.78, 5) is 15.0. The average Bonchev–Trinajstić information content (AvgIpc) is 3.04. The molecule has 0 N–H and O–H groups in total. The minimum atomic E-state index is -0.319. The summed E-state index contributed by atoms with van der Waals surface area (Å²) >= 11 is 0. The van der Waals surface area contributed by atoms with E-state index in [1.165, 1.54) is 0 Å². The van der Waals surface area contributed by atoms with Crippen molar-refractivity contribution in [2.24, 2.45) is 0 Å². The zero-order valence-corrected chi connectivity index (χ0v) is 43.8. The number of benzene rings is 11. The SMILES string of the molecule is c1ccc(N(c2ccccc2)c2ccc3c(c2)Oc2cc(N(c4ccccc4)c4ccccc4)cc4c2B3c2cc3c(nc2O4)N(c2ccccc2)c2cc(N(c4ccccc4)c4ccccc4)cc4c2B3c2ccccc2O4)cc1. The van der Waals surface area contributed by atoms with Gasteiger partial charge in [-0.1, -0.05) is 158 Å². The highest BCUT2D eigenvalue weighted by Gasteiger charge is 2.48. The third-order valence-electron chi connectivity index (χ3n) is 15.9. The van der Waals surface area contributed by atoms with Gasteiger partial charge in [0, 0.05) is 80.9 Å². The Hall–Kier alpha value is -10.7. The van der Waals surface area contributed by atoms with E-state index in [2.05, 4.69) is 293 Å². The van der Waals surface area contributed by atoms with Crippen molar-refractivity contribution in [1.29, 1.82) is 0 Å². The lowest BCUT2D eigenvalue weighted by atomic mass is 9.31. The summed E-state index contributed by atoms with van der Waals surface area (Å²) in [5.41, 5.74) is 17.0. The van der Waals surface area contributed by atoms with Crippen LogP contribution in [0.4, 0.5) is 68.4 Å². The van der Waals surface area contributed by atoms with Crippen molar-refractivity contribution in [3.05, 3.63) is 285 Å². The highest BCUT2D eigenvalue weighted by atomic mass is 16.5. The number of hydrogen-bond donors (Lipinski definition) is 0. The van der Waals surface area contributed by atoms with Crippen molar-refractivity contribution < 1.29 is 14.2 Å². The van der Waals surface area contributed by atoms with Crippen molar-refractivity contribution >= 4 is 115 Å². The van der Waals surface area contributed by atoms with Crippen LogP contribution in [0.2, 0.25) is 0 Å². The molecule has 0 spiro atoms. The van der Waals surface area contributed by atoms with Crippen LogP contribution in [0.15, 0.2) is 285 Å². The molecule has 0 radical (unpaired) electrons. The molecule has 0 atom stereocenters. The first kappa shape index (κ1) is 46.4. The van der Waals surface area contributed by atoms with Crippen LogP contribution in [0.5, 0.6) is 34.6 Å². The Balaban J connectivity index is 0.940. The zero-order valence-electron chi connectivity index (χ0n) is 43.8. The number of ether oxygens (including phenoxy) is 3. The first-order valence-electron chi connectivity index (χ1n) is 27.4. The number of para-hydroxylation sites is 8. The van der Waals surface area contributed by atoms with Crippen LogP contribution in [0, 0.1) is 0 Å². The van der Waals surface area contributed by atoms with Gasteiger partial charge in [0.2, 0.25) is 5.88 Å².